The van der Waals surface area contributed by atoms with E-state index in [0.717, 1.165) is 18.4 Å². The molecule has 0 aromatic heterocycles. The number of hydroxylamine groups is 2. The second-order valence-corrected chi connectivity index (χ2v) is 7.43. The van der Waals surface area contributed by atoms with Gasteiger partial charge in [0.05, 0.1) is 12.0 Å². The third-order valence-electron chi connectivity index (χ3n) is 3.91. The molecular weight excluding hydrogens is 322 g/mol. The van der Waals surface area contributed by atoms with Crippen molar-refractivity contribution in [2.45, 2.75) is 40.2 Å². The fourth-order valence-electron chi connectivity index (χ4n) is 2.37. The Labute approximate surface area is 157 Å². The molecule has 2 rings (SSSR count). The minimum atomic E-state index is -0.512. The maximum Gasteiger partial charge on any atom is 0.330 e. The van der Waals surface area contributed by atoms with Gasteiger partial charge in [-0.2, -0.15) is 0 Å². The topological polar surface area (TPSA) is 29.5 Å². The quantitative estimate of drug-likeness (QED) is 0.465. The summed E-state index contributed by atoms with van der Waals surface area (Å²) in [5, 5.41) is 1.78. The Bertz CT molecular complexity index is 687. The van der Waals surface area contributed by atoms with Gasteiger partial charge in [0.2, 0.25) is 0 Å². The van der Waals surface area contributed by atoms with E-state index in [4.69, 9.17) is 4.84 Å². The minimum Gasteiger partial charge on any atom is -0.367 e. The highest BCUT2D eigenvalue weighted by atomic mass is 16.7. The predicted octanol–water partition coefficient (Wildman–Crippen LogP) is 5.49. The first-order valence-electron chi connectivity index (χ1n) is 9.18. The minimum absolute atomic E-state index is 0.201. The molecule has 0 fully saturated rings. The molecule has 0 bridgehead atoms. The summed E-state index contributed by atoms with van der Waals surface area (Å²) in [4.78, 5) is 17.9. The summed E-state index contributed by atoms with van der Waals surface area (Å²) in [6.45, 7) is 6.93. The molecule has 26 heavy (non-hydrogen) atoms. The van der Waals surface area contributed by atoms with Crippen molar-refractivity contribution in [3.8, 4) is 0 Å². The Morgan fingerprint density at radius 3 is 2.23 bits per heavy atom. The van der Waals surface area contributed by atoms with Crippen LogP contribution < -0.4 is 0 Å². The first-order chi connectivity index (χ1) is 12.4. The van der Waals surface area contributed by atoms with Gasteiger partial charge in [0.25, 0.3) is 0 Å². The van der Waals surface area contributed by atoms with Gasteiger partial charge in [0.1, 0.15) is 0 Å². The highest BCUT2D eigenvalue weighted by Gasteiger charge is 2.25. The third-order valence-corrected chi connectivity index (χ3v) is 3.91. The molecule has 0 aliphatic rings. The molecule has 0 saturated heterocycles. The number of allylic oxidation sites excluding steroid dienone is 1. The molecule has 0 aliphatic heterocycles. The third kappa shape index (κ3) is 7.24. The Balaban J connectivity index is 1.88. The fraction of sp³-hybridized carbons (Fsp3) is 0.348. The van der Waals surface area contributed by atoms with Crippen molar-refractivity contribution in [1.29, 1.82) is 0 Å². The molecule has 3 heteroatoms. The van der Waals surface area contributed by atoms with Crippen LogP contribution in [0.1, 0.15) is 44.7 Å². The van der Waals surface area contributed by atoms with Gasteiger partial charge in [-0.3, -0.25) is 0 Å². The number of nitrogens with zero attached hydrogens (tertiary/aromatic N) is 1. The summed E-state index contributed by atoms with van der Waals surface area (Å²) in [5.74, 6) is -0.201. The standard InChI is InChI=1S/C23H29NO2/c1-23(2,3)22(25)26-24(19-21-16-9-5-10-17-21)18-12-6-11-15-20-13-7-4-8-14-20/h4-5,7-11,13-17H,6,12,18-19H2,1-3H3/b15-11+. The fourth-order valence-corrected chi connectivity index (χ4v) is 2.37. The molecule has 0 N–H and O–H groups in total. The van der Waals surface area contributed by atoms with Crippen LogP contribution in [-0.2, 0) is 16.2 Å². The number of benzene rings is 2. The molecule has 0 atom stereocenters. The van der Waals surface area contributed by atoms with Crippen molar-refractivity contribution in [3.05, 3.63) is 77.9 Å². The van der Waals surface area contributed by atoms with Crippen LogP contribution in [0.3, 0.4) is 0 Å². The zero-order chi connectivity index (χ0) is 18.8. The molecule has 0 radical (unpaired) electrons. The van der Waals surface area contributed by atoms with Crippen LogP contribution >= 0.6 is 0 Å². The van der Waals surface area contributed by atoms with E-state index in [0.29, 0.717) is 13.1 Å². The molecule has 0 unspecified atom stereocenters. The normalized spacial score (nSPS) is 11.8. The number of carbonyl (C=O) groups is 1. The Kier molecular flexibility index (Phi) is 7.61. The summed E-state index contributed by atoms with van der Waals surface area (Å²) in [5.41, 5.74) is 1.82. The Hall–Kier alpha value is -2.39. The maximum atomic E-state index is 12.3. The first-order valence-corrected chi connectivity index (χ1v) is 9.18. The van der Waals surface area contributed by atoms with Crippen molar-refractivity contribution < 1.29 is 9.63 Å². The van der Waals surface area contributed by atoms with E-state index in [1.165, 1.54) is 5.56 Å². The molecule has 2 aromatic carbocycles. The average Bonchev–Trinajstić information content (AvgIpc) is 2.62. The van der Waals surface area contributed by atoms with Crippen LogP contribution in [-0.4, -0.2) is 17.6 Å². The van der Waals surface area contributed by atoms with Crippen LogP contribution in [0.4, 0.5) is 0 Å². The SMILES string of the molecule is CC(C)(C)C(=O)ON(CCC/C=C/c1ccccc1)Cc1ccccc1. The van der Waals surface area contributed by atoms with Crippen molar-refractivity contribution in [2.24, 2.45) is 5.41 Å². The lowest BCUT2D eigenvalue weighted by atomic mass is 9.98. The predicted molar refractivity (Wildman–Crippen MR) is 107 cm³/mol. The summed E-state index contributed by atoms with van der Waals surface area (Å²) < 4.78 is 0. The molecule has 0 aliphatic carbocycles. The highest BCUT2D eigenvalue weighted by Crippen LogP contribution is 2.18. The molecule has 0 saturated carbocycles. The van der Waals surface area contributed by atoms with Crippen LogP contribution in [0.2, 0.25) is 0 Å². The van der Waals surface area contributed by atoms with Gasteiger partial charge >= 0.3 is 5.97 Å². The summed E-state index contributed by atoms with van der Waals surface area (Å²) in [6, 6.07) is 20.3. The van der Waals surface area contributed by atoms with Gasteiger partial charge in [-0.05, 0) is 44.7 Å². The van der Waals surface area contributed by atoms with Crippen molar-refractivity contribution in [2.75, 3.05) is 6.54 Å². The Morgan fingerprint density at radius 2 is 1.62 bits per heavy atom. The maximum absolute atomic E-state index is 12.3. The van der Waals surface area contributed by atoms with Crippen molar-refractivity contribution in [1.82, 2.24) is 5.06 Å². The van der Waals surface area contributed by atoms with Gasteiger partial charge in [-0.1, -0.05) is 72.8 Å². The average molecular weight is 351 g/mol. The number of hydrogen-bond donors (Lipinski definition) is 0. The molecule has 3 nitrogen and oxygen atoms in total. The van der Waals surface area contributed by atoms with E-state index < -0.39 is 5.41 Å². The van der Waals surface area contributed by atoms with Crippen LogP contribution in [0, 0.1) is 5.41 Å². The summed E-state index contributed by atoms with van der Waals surface area (Å²) in [6.07, 6.45) is 6.16. The van der Waals surface area contributed by atoms with Gasteiger partial charge < -0.3 is 4.84 Å². The lowest BCUT2D eigenvalue weighted by molar-refractivity contribution is -0.203. The highest BCUT2D eigenvalue weighted by molar-refractivity contribution is 5.75. The van der Waals surface area contributed by atoms with Gasteiger partial charge in [0, 0.05) is 6.54 Å². The van der Waals surface area contributed by atoms with E-state index in [1.54, 1.807) is 5.06 Å². The zero-order valence-corrected chi connectivity index (χ0v) is 16.0. The zero-order valence-electron chi connectivity index (χ0n) is 16.0. The lowest BCUT2D eigenvalue weighted by Gasteiger charge is -2.25. The second kappa shape index (κ2) is 9.93. The van der Waals surface area contributed by atoms with E-state index in [-0.39, 0.29) is 5.97 Å². The lowest BCUT2D eigenvalue weighted by Crippen LogP contribution is -2.33. The molecule has 0 heterocycles. The number of carbonyl (C=O) groups excluding carboxylic acids is 1. The molecule has 138 valence electrons. The van der Waals surface area contributed by atoms with Gasteiger partial charge in [0.15, 0.2) is 0 Å². The molecule has 0 amide bonds. The largest absolute Gasteiger partial charge is 0.367 e. The Morgan fingerprint density at radius 1 is 1.00 bits per heavy atom. The first kappa shape index (κ1) is 19.9. The number of hydrogen-bond acceptors (Lipinski definition) is 3. The summed E-state index contributed by atoms with van der Waals surface area (Å²) in [7, 11) is 0. The van der Waals surface area contributed by atoms with Crippen LogP contribution in [0.25, 0.3) is 6.08 Å². The van der Waals surface area contributed by atoms with Gasteiger partial charge in [-0.15, -0.1) is 5.06 Å². The van der Waals surface area contributed by atoms with Crippen LogP contribution in [0.5, 0.6) is 0 Å². The molecular formula is C23H29NO2. The number of unbranched alkanes of at least 4 members (excludes halogenated alkanes) is 1. The second-order valence-electron chi connectivity index (χ2n) is 7.43. The van der Waals surface area contributed by atoms with E-state index in [9.17, 15) is 4.79 Å². The molecule has 0 spiro atoms. The van der Waals surface area contributed by atoms with E-state index in [2.05, 4.69) is 24.3 Å². The monoisotopic (exact) mass is 351 g/mol. The molecule has 2 aromatic rings. The van der Waals surface area contributed by atoms with Gasteiger partial charge in [-0.25, -0.2) is 4.79 Å². The van der Waals surface area contributed by atoms with Crippen molar-refractivity contribution in [3.63, 3.8) is 0 Å². The van der Waals surface area contributed by atoms with Crippen molar-refractivity contribution >= 4 is 12.0 Å². The smallest absolute Gasteiger partial charge is 0.330 e. The summed E-state index contributed by atoms with van der Waals surface area (Å²) >= 11 is 0. The van der Waals surface area contributed by atoms with Crippen LogP contribution in [0.15, 0.2) is 66.7 Å². The van der Waals surface area contributed by atoms with E-state index >= 15 is 0 Å². The van der Waals surface area contributed by atoms with E-state index in [1.807, 2.05) is 69.3 Å². The number of rotatable bonds is 8.